The maximum atomic E-state index is 10.8. The number of benzene rings is 1. The molecule has 1 aliphatic rings. The number of nitro benzene ring substituents is 1. The van der Waals surface area contributed by atoms with Gasteiger partial charge in [-0.2, -0.15) is 0 Å². The van der Waals surface area contributed by atoms with Crippen molar-refractivity contribution in [3.05, 3.63) is 34.4 Å². The van der Waals surface area contributed by atoms with Crippen LogP contribution in [0.25, 0.3) is 0 Å². The van der Waals surface area contributed by atoms with E-state index in [4.69, 9.17) is 0 Å². The molecule has 0 unspecified atom stereocenters. The Bertz CT molecular complexity index is 403. The minimum atomic E-state index is -0.344. The van der Waals surface area contributed by atoms with Crippen molar-refractivity contribution in [3.63, 3.8) is 0 Å². The normalized spacial score (nSPS) is 16.4. The summed E-state index contributed by atoms with van der Waals surface area (Å²) in [5, 5.41) is 14.0. The molecular formula is C13H19N3O2. The van der Waals surface area contributed by atoms with Crippen molar-refractivity contribution < 1.29 is 4.92 Å². The second-order valence-corrected chi connectivity index (χ2v) is 4.60. The third-order valence-corrected chi connectivity index (χ3v) is 3.29. The summed E-state index contributed by atoms with van der Waals surface area (Å²) >= 11 is 0. The molecule has 0 aromatic heterocycles. The summed E-state index contributed by atoms with van der Waals surface area (Å²) in [7, 11) is 0. The summed E-state index contributed by atoms with van der Waals surface area (Å²) in [5.41, 5.74) is 0.760. The SMILES string of the molecule is O=[N+]([O-])c1ccccc1NCCN1CCCCC1. The summed E-state index contributed by atoms with van der Waals surface area (Å²) in [6, 6.07) is 6.79. The Balaban J connectivity index is 1.84. The molecule has 1 aromatic rings. The number of nitrogens with zero attached hydrogens (tertiary/aromatic N) is 2. The maximum absolute atomic E-state index is 10.8. The Morgan fingerprint density at radius 3 is 2.67 bits per heavy atom. The van der Waals surface area contributed by atoms with E-state index in [2.05, 4.69) is 10.2 Å². The zero-order valence-corrected chi connectivity index (χ0v) is 10.5. The highest BCUT2D eigenvalue weighted by Crippen LogP contribution is 2.22. The van der Waals surface area contributed by atoms with Crippen molar-refractivity contribution in [1.29, 1.82) is 0 Å². The molecule has 0 atom stereocenters. The van der Waals surface area contributed by atoms with Gasteiger partial charge in [-0.1, -0.05) is 18.6 Å². The third-order valence-electron chi connectivity index (χ3n) is 3.29. The van der Waals surface area contributed by atoms with Gasteiger partial charge in [-0.05, 0) is 32.0 Å². The minimum absolute atomic E-state index is 0.149. The molecule has 98 valence electrons. The summed E-state index contributed by atoms with van der Waals surface area (Å²) in [6.45, 7) is 4.01. The molecule has 1 fully saturated rings. The summed E-state index contributed by atoms with van der Waals surface area (Å²) < 4.78 is 0. The van der Waals surface area contributed by atoms with Crippen molar-refractivity contribution in [2.45, 2.75) is 19.3 Å². The molecule has 0 aliphatic carbocycles. The number of hydrogen-bond acceptors (Lipinski definition) is 4. The highest BCUT2D eigenvalue weighted by molar-refractivity contribution is 5.60. The molecule has 5 heteroatoms. The first-order valence-electron chi connectivity index (χ1n) is 6.47. The number of hydrogen-bond donors (Lipinski definition) is 1. The van der Waals surface area contributed by atoms with Crippen LogP contribution in [-0.2, 0) is 0 Å². The Morgan fingerprint density at radius 1 is 1.22 bits per heavy atom. The molecule has 0 spiro atoms. The van der Waals surface area contributed by atoms with Crippen molar-refractivity contribution in [2.24, 2.45) is 0 Å². The zero-order chi connectivity index (χ0) is 12.8. The van der Waals surface area contributed by atoms with E-state index in [1.165, 1.54) is 25.3 Å². The van der Waals surface area contributed by atoms with E-state index in [0.29, 0.717) is 5.69 Å². The van der Waals surface area contributed by atoms with Gasteiger partial charge in [0.1, 0.15) is 5.69 Å². The number of para-hydroxylation sites is 2. The first-order valence-corrected chi connectivity index (χ1v) is 6.47. The van der Waals surface area contributed by atoms with Gasteiger partial charge in [0.05, 0.1) is 4.92 Å². The average Bonchev–Trinajstić information content (AvgIpc) is 2.40. The molecule has 1 N–H and O–H groups in total. The van der Waals surface area contributed by atoms with Crippen LogP contribution in [0.15, 0.2) is 24.3 Å². The molecule has 5 nitrogen and oxygen atoms in total. The topological polar surface area (TPSA) is 58.4 Å². The number of piperidine rings is 1. The van der Waals surface area contributed by atoms with Crippen LogP contribution in [0.4, 0.5) is 11.4 Å². The summed E-state index contributed by atoms with van der Waals surface area (Å²) in [5.74, 6) is 0. The smallest absolute Gasteiger partial charge is 0.292 e. The van der Waals surface area contributed by atoms with Crippen LogP contribution in [0.5, 0.6) is 0 Å². The van der Waals surface area contributed by atoms with E-state index in [1.54, 1.807) is 12.1 Å². The lowest BCUT2D eigenvalue weighted by atomic mass is 10.1. The Labute approximate surface area is 107 Å². The van der Waals surface area contributed by atoms with E-state index in [-0.39, 0.29) is 10.6 Å². The Kier molecular flexibility index (Phi) is 4.52. The van der Waals surface area contributed by atoms with Crippen molar-refractivity contribution in [3.8, 4) is 0 Å². The van der Waals surface area contributed by atoms with E-state index in [1.807, 2.05) is 6.07 Å². The number of nitrogens with one attached hydrogen (secondary N) is 1. The van der Waals surface area contributed by atoms with E-state index >= 15 is 0 Å². The predicted octanol–water partition coefficient (Wildman–Crippen LogP) is 2.49. The average molecular weight is 249 g/mol. The largest absolute Gasteiger partial charge is 0.378 e. The fourth-order valence-electron chi connectivity index (χ4n) is 2.31. The van der Waals surface area contributed by atoms with E-state index in [9.17, 15) is 10.1 Å². The van der Waals surface area contributed by atoms with Crippen LogP contribution in [-0.4, -0.2) is 36.0 Å². The van der Waals surface area contributed by atoms with Crippen LogP contribution in [0.3, 0.4) is 0 Å². The van der Waals surface area contributed by atoms with Crippen LogP contribution < -0.4 is 5.32 Å². The molecule has 0 radical (unpaired) electrons. The third kappa shape index (κ3) is 3.43. The van der Waals surface area contributed by atoms with Gasteiger partial charge >= 0.3 is 0 Å². The molecular weight excluding hydrogens is 230 g/mol. The minimum Gasteiger partial charge on any atom is -0.378 e. The molecule has 1 aliphatic heterocycles. The van der Waals surface area contributed by atoms with Gasteiger partial charge < -0.3 is 10.2 Å². The highest BCUT2D eigenvalue weighted by atomic mass is 16.6. The molecule has 1 aromatic carbocycles. The lowest BCUT2D eigenvalue weighted by molar-refractivity contribution is -0.384. The van der Waals surface area contributed by atoms with E-state index in [0.717, 1.165) is 26.2 Å². The zero-order valence-electron chi connectivity index (χ0n) is 10.5. The molecule has 1 heterocycles. The van der Waals surface area contributed by atoms with Gasteiger partial charge in [0.15, 0.2) is 0 Å². The van der Waals surface area contributed by atoms with Gasteiger partial charge in [0, 0.05) is 19.2 Å². The number of anilines is 1. The fourth-order valence-corrected chi connectivity index (χ4v) is 2.31. The molecule has 18 heavy (non-hydrogen) atoms. The Morgan fingerprint density at radius 2 is 1.94 bits per heavy atom. The summed E-state index contributed by atoms with van der Waals surface area (Å²) in [6.07, 6.45) is 3.87. The van der Waals surface area contributed by atoms with Crippen LogP contribution >= 0.6 is 0 Å². The Hall–Kier alpha value is -1.62. The molecule has 2 rings (SSSR count). The first kappa shape index (κ1) is 12.8. The van der Waals surface area contributed by atoms with Gasteiger partial charge in [-0.3, -0.25) is 10.1 Å². The van der Waals surface area contributed by atoms with Gasteiger partial charge in [-0.15, -0.1) is 0 Å². The molecule has 0 amide bonds. The van der Waals surface area contributed by atoms with Crippen LogP contribution in [0, 0.1) is 10.1 Å². The van der Waals surface area contributed by atoms with Crippen LogP contribution in [0.2, 0.25) is 0 Å². The molecule has 0 saturated carbocycles. The lowest BCUT2D eigenvalue weighted by Crippen LogP contribution is -2.33. The second-order valence-electron chi connectivity index (χ2n) is 4.60. The molecule has 1 saturated heterocycles. The first-order chi connectivity index (χ1) is 8.77. The van der Waals surface area contributed by atoms with Crippen LogP contribution in [0.1, 0.15) is 19.3 Å². The molecule has 0 bridgehead atoms. The summed E-state index contributed by atoms with van der Waals surface area (Å²) in [4.78, 5) is 12.9. The predicted molar refractivity (Wildman–Crippen MR) is 71.9 cm³/mol. The van der Waals surface area contributed by atoms with E-state index < -0.39 is 0 Å². The maximum Gasteiger partial charge on any atom is 0.292 e. The second kappa shape index (κ2) is 6.35. The van der Waals surface area contributed by atoms with Gasteiger partial charge in [0.25, 0.3) is 5.69 Å². The van der Waals surface area contributed by atoms with Crippen molar-refractivity contribution in [2.75, 3.05) is 31.5 Å². The van der Waals surface area contributed by atoms with Crippen molar-refractivity contribution in [1.82, 2.24) is 4.90 Å². The number of rotatable bonds is 5. The standard InChI is InChI=1S/C13H19N3O2/c17-16(18)13-7-3-2-6-12(13)14-8-11-15-9-4-1-5-10-15/h2-3,6-7,14H,1,4-5,8-11H2. The number of likely N-dealkylation sites (tertiary alicyclic amines) is 1. The van der Waals surface area contributed by atoms with Gasteiger partial charge in [-0.25, -0.2) is 0 Å². The fraction of sp³-hybridized carbons (Fsp3) is 0.538. The quantitative estimate of drug-likeness (QED) is 0.643. The monoisotopic (exact) mass is 249 g/mol. The van der Waals surface area contributed by atoms with Gasteiger partial charge in [0.2, 0.25) is 0 Å². The number of nitro groups is 1. The highest BCUT2D eigenvalue weighted by Gasteiger charge is 2.13. The van der Waals surface area contributed by atoms with Crippen molar-refractivity contribution >= 4 is 11.4 Å². The lowest BCUT2D eigenvalue weighted by Gasteiger charge is -2.26.